The van der Waals surface area contributed by atoms with Gasteiger partial charge in [0.25, 0.3) is 5.91 Å². The van der Waals surface area contributed by atoms with Crippen LogP contribution >= 0.6 is 0 Å². The summed E-state index contributed by atoms with van der Waals surface area (Å²) in [5.41, 5.74) is -2.33. The lowest BCUT2D eigenvalue weighted by Gasteiger charge is -2.30. The molecule has 1 aromatic carbocycles. The van der Waals surface area contributed by atoms with Crippen LogP contribution in [-0.4, -0.2) is 81.1 Å². The fourth-order valence-corrected chi connectivity index (χ4v) is 4.53. The standard InChI is InChI=1S/C36H53F4N3O8/c1-10-11-28(47)43(23-44)13-12-26(45)41-17-35(6,7)21-49-19-33(2,3)15-27(46)42-18-36(8,9)22-50-20-34(4,5)16-29(48)51-32-30(39)24(37)14-25(38)31(32)40/h10-11,14,23H,12-13,15-22H2,1-9H3,(H,41,45)(H,42,46)/b11-10-. The number of halogens is 4. The summed E-state index contributed by atoms with van der Waals surface area (Å²) in [6.07, 6.45) is 2.91. The molecule has 11 nitrogen and oxygen atoms in total. The van der Waals surface area contributed by atoms with Crippen LogP contribution in [0.1, 0.15) is 81.6 Å². The second kappa shape index (κ2) is 19.7. The molecule has 0 bridgehead atoms. The molecule has 0 heterocycles. The first-order chi connectivity index (χ1) is 23.4. The SMILES string of the molecule is C/C=C\C(=O)N(C=O)CCC(=O)NCC(C)(C)COCC(C)(C)CC(=O)NCC(C)(C)COCC(C)(C)CC(=O)Oc1c(F)c(F)cc(F)c1F. The van der Waals surface area contributed by atoms with Gasteiger partial charge in [0, 0.05) is 49.4 Å². The molecule has 0 atom stereocenters. The number of hydrogen-bond acceptors (Lipinski definition) is 8. The predicted octanol–water partition coefficient (Wildman–Crippen LogP) is 5.25. The van der Waals surface area contributed by atoms with E-state index in [9.17, 15) is 41.5 Å². The number of esters is 1. The van der Waals surface area contributed by atoms with Crippen LogP contribution in [0.3, 0.4) is 0 Å². The third-order valence-corrected chi connectivity index (χ3v) is 7.35. The van der Waals surface area contributed by atoms with E-state index in [2.05, 4.69) is 15.4 Å². The molecule has 0 radical (unpaired) electrons. The van der Waals surface area contributed by atoms with Gasteiger partial charge in [-0.1, -0.05) is 61.5 Å². The molecule has 288 valence electrons. The van der Waals surface area contributed by atoms with Crippen molar-refractivity contribution >= 4 is 30.1 Å². The average Bonchev–Trinajstić information content (AvgIpc) is 3.00. The number of nitrogens with one attached hydrogen (secondary N) is 2. The smallest absolute Gasteiger partial charge is 0.312 e. The number of rotatable bonds is 22. The normalized spacial score (nSPS) is 12.5. The molecule has 0 aliphatic heterocycles. The van der Waals surface area contributed by atoms with Crippen molar-refractivity contribution < 1.29 is 55.7 Å². The highest BCUT2D eigenvalue weighted by atomic mass is 19.2. The molecule has 15 heteroatoms. The Hall–Kier alpha value is -3.85. The van der Waals surface area contributed by atoms with Crippen LogP contribution < -0.4 is 15.4 Å². The first-order valence-corrected chi connectivity index (χ1v) is 16.5. The number of ether oxygens (including phenoxy) is 3. The minimum absolute atomic E-state index is 0.0179. The molecular weight excluding hydrogens is 678 g/mol. The van der Waals surface area contributed by atoms with Gasteiger partial charge in [-0.15, -0.1) is 0 Å². The molecule has 0 fully saturated rings. The second-order valence-electron chi connectivity index (χ2n) is 15.7. The third kappa shape index (κ3) is 17.3. The highest BCUT2D eigenvalue weighted by Gasteiger charge is 2.30. The highest BCUT2D eigenvalue weighted by molar-refractivity contribution is 5.95. The van der Waals surface area contributed by atoms with Gasteiger partial charge in [-0.2, -0.15) is 8.78 Å². The zero-order valence-electron chi connectivity index (χ0n) is 31.1. The quantitative estimate of drug-likeness (QED) is 0.0412. The van der Waals surface area contributed by atoms with Crippen molar-refractivity contribution in [2.45, 2.75) is 81.6 Å². The van der Waals surface area contributed by atoms with Crippen molar-refractivity contribution in [3.8, 4) is 5.75 Å². The van der Waals surface area contributed by atoms with Crippen molar-refractivity contribution in [1.29, 1.82) is 0 Å². The van der Waals surface area contributed by atoms with Crippen LogP contribution in [0.25, 0.3) is 0 Å². The molecule has 0 aliphatic carbocycles. The first-order valence-electron chi connectivity index (χ1n) is 16.5. The molecule has 0 unspecified atom stereocenters. The van der Waals surface area contributed by atoms with E-state index in [-0.39, 0.29) is 70.1 Å². The summed E-state index contributed by atoms with van der Waals surface area (Å²) >= 11 is 0. The van der Waals surface area contributed by atoms with Gasteiger partial charge in [-0.05, 0) is 23.8 Å². The molecule has 4 amide bonds. The maximum absolute atomic E-state index is 13.9. The number of amides is 4. The maximum atomic E-state index is 13.9. The minimum atomic E-state index is -1.81. The van der Waals surface area contributed by atoms with E-state index in [1.165, 1.54) is 12.2 Å². The molecule has 51 heavy (non-hydrogen) atoms. The lowest BCUT2D eigenvalue weighted by Crippen LogP contribution is -2.40. The van der Waals surface area contributed by atoms with Crippen molar-refractivity contribution in [3.63, 3.8) is 0 Å². The molecule has 0 saturated carbocycles. The summed E-state index contributed by atoms with van der Waals surface area (Å²) in [4.78, 5) is 61.2. The summed E-state index contributed by atoms with van der Waals surface area (Å²) in [5, 5.41) is 5.70. The van der Waals surface area contributed by atoms with E-state index in [1.54, 1.807) is 20.8 Å². The van der Waals surface area contributed by atoms with Gasteiger partial charge in [0.05, 0.1) is 32.8 Å². The maximum Gasteiger partial charge on any atom is 0.312 e. The first kappa shape index (κ1) is 45.2. The van der Waals surface area contributed by atoms with Crippen molar-refractivity contribution in [3.05, 3.63) is 41.5 Å². The molecule has 1 aromatic rings. The van der Waals surface area contributed by atoms with E-state index >= 15 is 0 Å². The van der Waals surface area contributed by atoms with Crippen LogP contribution in [0.5, 0.6) is 5.75 Å². The number of hydrogen-bond donors (Lipinski definition) is 2. The van der Waals surface area contributed by atoms with Gasteiger partial charge in [-0.25, -0.2) is 8.78 Å². The fraction of sp³-hybridized carbons (Fsp3) is 0.639. The van der Waals surface area contributed by atoms with Gasteiger partial charge in [0.1, 0.15) is 0 Å². The summed E-state index contributed by atoms with van der Waals surface area (Å²) in [7, 11) is 0. The van der Waals surface area contributed by atoms with Crippen LogP contribution in [0.4, 0.5) is 17.6 Å². The second-order valence-corrected chi connectivity index (χ2v) is 15.7. The molecule has 0 aromatic heterocycles. The Kier molecular flexibility index (Phi) is 17.4. The van der Waals surface area contributed by atoms with Gasteiger partial charge in [0.2, 0.25) is 35.6 Å². The van der Waals surface area contributed by atoms with Crippen LogP contribution in [0.15, 0.2) is 18.2 Å². The molecule has 0 spiro atoms. The van der Waals surface area contributed by atoms with Crippen LogP contribution in [-0.2, 0) is 33.4 Å². The number of nitrogens with zero attached hydrogens (tertiary/aromatic N) is 1. The largest absolute Gasteiger partial charge is 0.420 e. The Bertz CT molecular complexity index is 1390. The Balaban J connectivity index is 2.45. The van der Waals surface area contributed by atoms with Crippen LogP contribution in [0, 0.1) is 44.9 Å². The van der Waals surface area contributed by atoms with Gasteiger partial charge in [-0.3, -0.25) is 28.9 Å². The molecule has 0 saturated heterocycles. The highest BCUT2D eigenvalue weighted by Crippen LogP contribution is 2.29. The summed E-state index contributed by atoms with van der Waals surface area (Å²) in [6.45, 7) is 17.6. The van der Waals surface area contributed by atoms with Gasteiger partial charge < -0.3 is 24.8 Å². The lowest BCUT2D eigenvalue weighted by atomic mass is 9.88. The lowest BCUT2D eigenvalue weighted by molar-refractivity contribution is -0.138. The van der Waals surface area contributed by atoms with E-state index < -0.39 is 62.6 Å². The summed E-state index contributed by atoms with van der Waals surface area (Å²) in [6, 6.07) is 0.0179. The summed E-state index contributed by atoms with van der Waals surface area (Å²) in [5.74, 6) is -10.5. The van der Waals surface area contributed by atoms with Gasteiger partial charge in [0.15, 0.2) is 11.6 Å². The Morgan fingerprint density at radius 1 is 0.725 bits per heavy atom. The Morgan fingerprint density at radius 3 is 1.65 bits per heavy atom. The van der Waals surface area contributed by atoms with E-state index in [1.807, 2.05) is 41.5 Å². The van der Waals surface area contributed by atoms with Crippen LogP contribution in [0.2, 0.25) is 0 Å². The molecule has 1 rings (SSSR count). The van der Waals surface area contributed by atoms with E-state index in [4.69, 9.17) is 9.47 Å². The van der Waals surface area contributed by atoms with Crippen molar-refractivity contribution in [1.82, 2.24) is 15.5 Å². The zero-order valence-corrected chi connectivity index (χ0v) is 31.1. The topological polar surface area (TPSA) is 140 Å². The Morgan fingerprint density at radius 2 is 1.18 bits per heavy atom. The number of imide groups is 1. The minimum Gasteiger partial charge on any atom is -0.420 e. The average molecular weight is 732 g/mol. The fourth-order valence-electron chi connectivity index (χ4n) is 4.53. The summed E-state index contributed by atoms with van der Waals surface area (Å²) < 4.78 is 70.9. The van der Waals surface area contributed by atoms with E-state index in [0.29, 0.717) is 19.6 Å². The van der Waals surface area contributed by atoms with Crippen molar-refractivity contribution in [2.75, 3.05) is 46.1 Å². The van der Waals surface area contributed by atoms with Crippen molar-refractivity contribution in [2.24, 2.45) is 21.7 Å². The number of carbonyl (C=O) groups is 5. The molecular formula is C36H53F4N3O8. The molecule has 0 aliphatic rings. The number of carbonyl (C=O) groups excluding carboxylic acids is 5. The zero-order chi connectivity index (χ0) is 39.2. The number of benzene rings is 1. The predicted molar refractivity (Wildman–Crippen MR) is 181 cm³/mol. The van der Waals surface area contributed by atoms with E-state index in [0.717, 1.165) is 4.90 Å². The number of allylic oxidation sites excluding steroid dienone is 1. The van der Waals surface area contributed by atoms with Gasteiger partial charge >= 0.3 is 5.97 Å². The monoisotopic (exact) mass is 731 g/mol. The Labute approximate surface area is 297 Å². The molecule has 2 N–H and O–H groups in total. The third-order valence-electron chi connectivity index (χ3n) is 7.35.